The van der Waals surface area contributed by atoms with Crippen LogP contribution in [-0.4, -0.2) is 18.1 Å². The molecular weight excluding hydrogens is 250 g/mol. The molecule has 0 unspecified atom stereocenters. The van der Waals surface area contributed by atoms with Gasteiger partial charge in [0.1, 0.15) is 5.54 Å². The summed E-state index contributed by atoms with van der Waals surface area (Å²) in [5.74, 6) is 1.14. The number of hydrogen-bond donors (Lipinski definition) is 1. The zero-order chi connectivity index (χ0) is 14.6. The maximum atomic E-state index is 12.3. The van der Waals surface area contributed by atoms with Gasteiger partial charge < -0.3 is 4.74 Å². The summed E-state index contributed by atoms with van der Waals surface area (Å²) in [4.78, 5) is 12.3. The van der Waals surface area contributed by atoms with Crippen molar-refractivity contribution in [2.24, 2.45) is 11.8 Å². The van der Waals surface area contributed by atoms with Gasteiger partial charge in [0, 0.05) is 6.54 Å². The van der Waals surface area contributed by atoms with Gasteiger partial charge in [0.15, 0.2) is 0 Å². The van der Waals surface area contributed by atoms with E-state index in [2.05, 4.69) is 31.3 Å². The van der Waals surface area contributed by atoms with Crippen LogP contribution in [0.25, 0.3) is 0 Å². The summed E-state index contributed by atoms with van der Waals surface area (Å²) in [5, 5.41) is 3.44. The van der Waals surface area contributed by atoms with Gasteiger partial charge in [-0.25, -0.2) is 0 Å². The molecule has 0 heterocycles. The highest BCUT2D eigenvalue weighted by Gasteiger charge is 2.51. The molecule has 1 aliphatic carbocycles. The number of hydrogen-bond acceptors (Lipinski definition) is 3. The lowest BCUT2D eigenvalue weighted by Gasteiger charge is -2.47. The third kappa shape index (κ3) is 3.21. The molecule has 2 rings (SSSR count). The van der Waals surface area contributed by atoms with Gasteiger partial charge in [-0.3, -0.25) is 10.1 Å². The first-order valence-corrected chi connectivity index (χ1v) is 7.53. The Morgan fingerprint density at radius 2 is 2.00 bits per heavy atom. The topological polar surface area (TPSA) is 38.3 Å². The first-order valence-electron chi connectivity index (χ1n) is 7.53. The number of nitrogens with one attached hydrogen (secondary N) is 1. The molecular formula is C17H25NO2. The van der Waals surface area contributed by atoms with Crippen LogP contribution in [0.2, 0.25) is 0 Å². The fourth-order valence-corrected chi connectivity index (χ4v) is 2.83. The van der Waals surface area contributed by atoms with Gasteiger partial charge in [-0.1, -0.05) is 44.2 Å². The molecule has 20 heavy (non-hydrogen) atoms. The van der Waals surface area contributed by atoms with Crippen LogP contribution >= 0.6 is 0 Å². The zero-order valence-electron chi connectivity index (χ0n) is 12.7. The quantitative estimate of drug-likeness (QED) is 0.811. The largest absolute Gasteiger partial charge is 0.465 e. The highest BCUT2D eigenvalue weighted by Crippen LogP contribution is 2.43. The summed E-state index contributed by atoms with van der Waals surface area (Å²) >= 11 is 0. The lowest BCUT2D eigenvalue weighted by Crippen LogP contribution is -2.62. The van der Waals surface area contributed by atoms with Crippen molar-refractivity contribution >= 4 is 5.97 Å². The van der Waals surface area contributed by atoms with Crippen molar-refractivity contribution in [1.29, 1.82) is 0 Å². The van der Waals surface area contributed by atoms with E-state index in [9.17, 15) is 4.79 Å². The van der Waals surface area contributed by atoms with E-state index in [1.54, 1.807) is 0 Å². The SMILES string of the molecule is CCOC(=O)C1(NCc2ccccc2)CC(C(C)C)C1. The fraction of sp³-hybridized carbons (Fsp3) is 0.588. The monoisotopic (exact) mass is 275 g/mol. The molecule has 0 spiro atoms. The Hall–Kier alpha value is -1.35. The summed E-state index contributed by atoms with van der Waals surface area (Å²) in [5.41, 5.74) is 0.727. The Balaban J connectivity index is 1.99. The first kappa shape index (κ1) is 15.0. The lowest BCUT2D eigenvalue weighted by atomic mass is 9.64. The normalized spacial score (nSPS) is 25.3. The molecule has 0 atom stereocenters. The van der Waals surface area contributed by atoms with Gasteiger partial charge in [-0.2, -0.15) is 0 Å². The van der Waals surface area contributed by atoms with Crippen LogP contribution in [0.5, 0.6) is 0 Å². The minimum absolute atomic E-state index is 0.0900. The van der Waals surface area contributed by atoms with Crippen molar-refractivity contribution in [3.8, 4) is 0 Å². The molecule has 1 aromatic rings. The van der Waals surface area contributed by atoms with Crippen LogP contribution in [0.15, 0.2) is 30.3 Å². The maximum absolute atomic E-state index is 12.3. The Kier molecular flexibility index (Phi) is 4.81. The van der Waals surface area contributed by atoms with Crippen LogP contribution < -0.4 is 5.32 Å². The van der Waals surface area contributed by atoms with E-state index in [0.29, 0.717) is 25.0 Å². The summed E-state index contributed by atoms with van der Waals surface area (Å²) < 4.78 is 5.26. The Bertz CT molecular complexity index is 436. The molecule has 1 aromatic carbocycles. The van der Waals surface area contributed by atoms with Crippen molar-refractivity contribution in [2.45, 2.75) is 45.7 Å². The van der Waals surface area contributed by atoms with Crippen LogP contribution in [0, 0.1) is 11.8 Å². The highest BCUT2D eigenvalue weighted by molar-refractivity contribution is 5.82. The molecule has 110 valence electrons. The van der Waals surface area contributed by atoms with Crippen molar-refractivity contribution in [2.75, 3.05) is 6.61 Å². The molecule has 0 amide bonds. The van der Waals surface area contributed by atoms with Gasteiger partial charge in [0.25, 0.3) is 0 Å². The van der Waals surface area contributed by atoms with Crippen LogP contribution in [-0.2, 0) is 16.1 Å². The average molecular weight is 275 g/mol. The second-order valence-electron chi connectivity index (χ2n) is 6.05. The molecule has 1 aliphatic rings. The molecule has 0 aromatic heterocycles. The summed E-state index contributed by atoms with van der Waals surface area (Å²) in [6.45, 7) is 7.46. The van der Waals surface area contributed by atoms with Crippen molar-refractivity contribution in [3.63, 3.8) is 0 Å². The minimum atomic E-state index is -0.471. The van der Waals surface area contributed by atoms with Crippen molar-refractivity contribution in [1.82, 2.24) is 5.32 Å². The van der Waals surface area contributed by atoms with E-state index in [-0.39, 0.29) is 5.97 Å². The molecule has 1 saturated carbocycles. The third-order valence-corrected chi connectivity index (χ3v) is 4.30. The smallest absolute Gasteiger partial charge is 0.326 e. The van der Waals surface area contributed by atoms with Crippen molar-refractivity contribution in [3.05, 3.63) is 35.9 Å². The molecule has 0 bridgehead atoms. The molecule has 0 saturated heterocycles. The zero-order valence-corrected chi connectivity index (χ0v) is 12.7. The fourth-order valence-electron chi connectivity index (χ4n) is 2.83. The van der Waals surface area contributed by atoms with Gasteiger partial charge in [0.2, 0.25) is 0 Å². The predicted molar refractivity (Wildman–Crippen MR) is 80.2 cm³/mol. The van der Waals surface area contributed by atoms with Crippen LogP contribution in [0.1, 0.15) is 39.2 Å². The number of esters is 1. The first-order chi connectivity index (χ1) is 9.57. The molecule has 0 aliphatic heterocycles. The van der Waals surface area contributed by atoms with E-state index in [0.717, 1.165) is 12.8 Å². The van der Waals surface area contributed by atoms with E-state index < -0.39 is 5.54 Å². The third-order valence-electron chi connectivity index (χ3n) is 4.30. The average Bonchev–Trinajstić information content (AvgIpc) is 2.38. The van der Waals surface area contributed by atoms with Crippen molar-refractivity contribution < 1.29 is 9.53 Å². The van der Waals surface area contributed by atoms with Crippen LogP contribution in [0.3, 0.4) is 0 Å². The van der Waals surface area contributed by atoms with Gasteiger partial charge in [-0.05, 0) is 37.2 Å². The molecule has 3 nitrogen and oxygen atoms in total. The second-order valence-corrected chi connectivity index (χ2v) is 6.05. The standard InChI is InChI=1S/C17H25NO2/c1-4-20-16(19)17(10-15(11-17)13(2)3)18-12-14-8-6-5-7-9-14/h5-9,13,15,18H,4,10-12H2,1-3H3. The Labute approximate surface area is 121 Å². The minimum Gasteiger partial charge on any atom is -0.465 e. The maximum Gasteiger partial charge on any atom is 0.326 e. The van der Waals surface area contributed by atoms with E-state index in [1.807, 2.05) is 25.1 Å². The van der Waals surface area contributed by atoms with Gasteiger partial charge in [0.05, 0.1) is 6.61 Å². The summed E-state index contributed by atoms with van der Waals surface area (Å²) in [6, 6.07) is 10.2. The molecule has 1 N–H and O–H groups in total. The Morgan fingerprint density at radius 3 is 2.55 bits per heavy atom. The van der Waals surface area contributed by atoms with Crippen LogP contribution in [0.4, 0.5) is 0 Å². The number of ether oxygens (including phenoxy) is 1. The Morgan fingerprint density at radius 1 is 1.35 bits per heavy atom. The van der Waals surface area contributed by atoms with E-state index >= 15 is 0 Å². The molecule has 1 fully saturated rings. The number of carbonyl (C=O) groups is 1. The number of rotatable bonds is 6. The number of carbonyl (C=O) groups excluding carboxylic acids is 1. The van der Waals surface area contributed by atoms with E-state index in [4.69, 9.17) is 4.74 Å². The lowest BCUT2D eigenvalue weighted by molar-refractivity contribution is -0.159. The molecule has 3 heteroatoms. The molecule has 0 radical (unpaired) electrons. The van der Waals surface area contributed by atoms with Gasteiger partial charge in [-0.15, -0.1) is 0 Å². The predicted octanol–water partition coefficient (Wildman–Crippen LogP) is 3.14. The second kappa shape index (κ2) is 6.40. The highest BCUT2D eigenvalue weighted by atomic mass is 16.5. The number of benzene rings is 1. The summed E-state index contributed by atoms with van der Waals surface area (Å²) in [7, 11) is 0. The van der Waals surface area contributed by atoms with Gasteiger partial charge >= 0.3 is 5.97 Å². The summed E-state index contributed by atoms with van der Waals surface area (Å²) in [6.07, 6.45) is 1.77. The van der Waals surface area contributed by atoms with E-state index in [1.165, 1.54) is 5.56 Å².